The van der Waals surface area contributed by atoms with Gasteiger partial charge in [-0.05, 0) is 19.8 Å². The molecule has 1 N–H and O–H groups in total. The highest BCUT2D eigenvalue weighted by atomic mass is 16.5. The molecule has 0 saturated carbocycles. The molecule has 0 saturated heterocycles. The standard InChI is InChI=1S/C15H24N4O2/c1-5-10(2)8-14-16-15(19(17-14)6-7-20)9-13-11(3)18-21-12(13)4/h10,20H,5-9H2,1-4H3/t10-/m1/s1. The number of aliphatic hydroxyl groups is 1. The van der Waals surface area contributed by atoms with Gasteiger partial charge in [-0.15, -0.1) is 0 Å². The SMILES string of the molecule is CC[C@@H](C)Cc1nc(Cc2c(C)noc2C)n(CCO)n1. The zero-order chi connectivity index (χ0) is 15.4. The Morgan fingerprint density at radius 2 is 2.10 bits per heavy atom. The fourth-order valence-corrected chi connectivity index (χ4v) is 2.29. The van der Waals surface area contributed by atoms with Gasteiger partial charge in [-0.1, -0.05) is 25.4 Å². The molecule has 0 aliphatic heterocycles. The highest BCUT2D eigenvalue weighted by Gasteiger charge is 2.16. The summed E-state index contributed by atoms with van der Waals surface area (Å²) in [5.74, 6) is 3.08. The maximum Gasteiger partial charge on any atom is 0.151 e. The van der Waals surface area contributed by atoms with Crippen molar-refractivity contribution >= 4 is 0 Å². The molecule has 6 heteroatoms. The van der Waals surface area contributed by atoms with Gasteiger partial charge in [0.05, 0.1) is 18.8 Å². The van der Waals surface area contributed by atoms with Gasteiger partial charge < -0.3 is 9.63 Å². The predicted molar refractivity (Wildman–Crippen MR) is 79.0 cm³/mol. The van der Waals surface area contributed by atoms with Gasteiger partial charge in [0.15, 0.2) is 5.82 Å². The number of hydrogen-bond acceptors (Lipinski definition) is 5. The van der Waals surface area contributed by atoms with E-state index >= 15 is 0 Å². The molecule has 0 radical (unpaired) electrons. The molecular formula is C15H24N4O2. The first-order valence-corrected chi connectivity index (χ1v) is 7.50. The predicted octanol–water partition coefficient (Wildman–Crippen LogP) is 2.05. The number of nitrogens with zero attached hydrogens (tertiary/aromatic N) is 4. The monoisotopic (exact) mass is 292 g/mol. The molecule has 2 aromatic rings. The molecule has 6 nitrogen and oxygen atoms in total. The van der Waals surface area contributed by atoms with Crippen molar-refractivity contribution < 1.29 is 9.63 Å². The fraction of sp³-hybridized carbons (Fsp3) is 0.667. The van der Waals surface area contributed by atoms with Crippen LogP contribution in [0.2, 0.25) is 0 Å². The van der Waals surface area contributed by atoms with Crippen molar-refractivity contribution in [3.05, 3.63) is 28.7 Å². The third-order valence-corrected chi connectivity index (χ3v) is 3.85. The van der Waals surface area contributed by atoms with Crippen LogP contribution >= 0.6 is 0 Å². The second kappa shape index (κ2) is 6.85. The zero-order valence-corrected chi connectivity index (χ0v) is 13.3. The fourth-order valence-electron chi connectivity index (χ4n) is 2.29. The van der Waals surface area contributed by atoms with Crippen LogP contribution in [0.3, 0.4) is 0 Å². The van der Waals surface area contributed by atoms with Gasteiger partial charge >= 0.3 is 0 Å². The first-order valence-electron chi connectivity index (χ1n) is 7.50. The van der Waals surface area contributed by atoms with E-state index < -0.39 is 0 Å². The first-order chi connectivity index (χ1) is 10.0. The molecule has 0 aromatic carbocycles. The summed E-state index contributed by atoms with van der Waals surface area (Å²) in [4.78, 5) is 4.65. The van der Waals surface area contributed by atoms with E-state index in [2.05, 4.69) is 29.1 Å². The lowest BCUT2D eigenvalue weighted by Crippen LogP contribution is -2.10. The Hall–Kier alpha value is -1.69. The minimum atomic E-state index is 0.0563. The van der Waals surface area contributed by atoms with E-state index in [0.717, 1.165) is 41.5 Å². The number of aliphatic hydroxyl groups excluding tert-OH is 1. The highest BCUT2D eigenvalue weighted by molar-refractivity contribution is 5.24. The molecule has 0 unspecified atom stereocenters. The average molecular weight is 292 g/mol. The second-order valence-electron chi connectivity index (χ2n) is 5.59. The van der Waals surface area contributed by atoms with Crippen LogP contribution in [-0.4, -0.2) is 31.6 Å². The molecule has 2 aromatic heterocycles. The van der Waals surface area contributed by atoms with Crippen LogP contribution in [0.1, 0.15) is 48.9 Å². The topological polar surface area (TPSA) is 77.0 Å². The Bertz CT molecular complexity index is 569. The van der Waals surface area contributed by atoms with E-state index in [0.29, 0.717) is 18.9 Å². The summed E-state index contributed by atoms with van der Waals surface area (Å²) in [6.45, 7) is 8.72. The van der Waals surface area contributed by atoms with Crippen molar-refractivity contribution in [1.82, 2.24) is 19.9 Å². The molecule has 0 amide bonds. The third-order valence-electron chi connectivity index (χ3n) is 3.85. The molecule has 0 aliphatic rings. The summed E-state index contributed by atoms with van der Waals surface area (Å²) >= 11 is 0. The summed E-state index contributed by atoms with van der Waals surface area (Å²) in [5, 5.41) is 17.7. The van der Waals surface area contributed by atoms with E-state index in [-0.39, 0.29) is 6.61 Å². The molecule has 2 rings (SSSR count). The van der Waals surface area contributed by atoms with Crippen LogP contribution in [0.5, 0.6) is 0 Å². The number of hydrogen-bond donors (Lipinski definition) is 1. The van der Waals surface area contributed by atoms with Crippen LogP contribution in [0, 0.1) is 19.8 Å². The molecule has 1 atom stereocenters. The summed E-state index contributed by atoms with van der Waals surface area (Å²) in [6, 6.07) is 0. The molecule has 116 valence electrons. The van der Waals surface area contributed by atoms with Gasteiger partial charge in [0, 0.05) is 18.4 Å². The molecular weight excluding hydrogens is 268 g/mol. The Morgan fingerprint density at radius 3 is 2.67 bits per heavy atom. The van der Waals surface area contributed by atoms with Gasteiger partial charge in [-0.25, -0.2) is 9.67 Å². The minimum Gasteiger partial charge on any atom is -0.394 e. The Labute approximate surface area is 125 Å². The van der Waals surface area contributed by atoms with E-state index in [4.69, 9.17) is 4.52 Å². The van der Waals surface area contributed by atoms with Crippen molar-refractivity contribution in [2.45, 2.75) is 53.5 Å². The highest BCUT2D eigenvalue weighted by Crippen LogP contribution is 2.17. The summed E-state index contributed by atoms with van der Waals surface area (Å²) in [5.41, 5.74) is 1.94. The van der Waals surface area contributed by atoms with Crippen LogP contribution in [0.4, 0.5) is 0 Å². The molecule has 2 heterocycles. The lowest BCUT2D eigenvalue weighted by atomic mass is 10.1. The van der Waals surface area contributed by atoms with Crippen molar-refractivity contribution in [3.8, 4) is 0 Å². The number of aryl methyl sites for hydroxylation is 2. The van der Waals surface area contributed by atoms with Crippen molar-refractivity contribution in [2.75, 3.05) is 6.61 Å². The lowest BCUT2D eigenvalue weighted by Gasteiger charge is -2.03. The lowest BCUT2D eigenvalue weighted by molar-refractivity contribution is 0.267. The molecule has 0 bridgehead atoms. The maximum atomic E-state index is 9.20. The van der Waals surface area contributed by atoms with Crippen molar-refractivity contribution in [3.63, 3.8) is 0 Å². The first kappa shape index (κ1) is 15.7. The molecule has 0 fully saturated rings. The summed E-state index contributed by atoms with van der Waals surface area (Å²) < 4.78 is 6.99. The van der Waals surface area contributed by atoms with Crippen molar-refractivity contribution in [1.29, 1.82) is 0 Å². The van der Waals surface area contributed by atoms with E-state index in [1.54, 1.807) is 4.68 Å². The van der Waals surface area contributed by atoms with Gasteiger partial charge in [-0.2, -0.15) is 5.10 Å². The number of rotatable bonds is 7. The van der Waals surface area contributed by atoms with E-state index in [1.807, 2.05) is 13.8 Å². The Kier molecular flexibility index (Phi) is 5.12. The third kappa shape index (κ3) is 3.69. The van der Waals surface area contributed by atoms with Crippen LogP contribution in [0.15, 0.2) is 4.52 Å². The van der Waals surface area contributed by atoms with E-state index in [9.17, 15) is 5.11 Å². The van der Waals surface area contributed by atoms with E-state index in [1.165, 1.54) is 0 Å². The normalized spacial score (nSPS) is 12.8. The smallest absolute Gasteiger partial charge is 0.151 e. The summed E-state index contributed by atoms with van der Waals surface area (Å²) in [7, 11) is 0. The maximum absolute atomic E-state index is 9.20. The van der Waals surface area contributed by atoms with Crippen molar-refractivity contribution in [2.24, 2.45) is 5.92 Å². The molecule has 21 heavy (non-hydrogen) atoms. The number of aromatic nitrogens is 4. The van der Waals surface area contributed by atoms with Crippen LogP contribution in [-0.2, 0) is 19.4 Å². The zero-order valence-electron chi connectivity index (χ0n) is 13.3. The van der Waals surface area contributed by atoms with Crippen LogP contribution < -0.4 is 0 Å². The summed E-state index contributed by atoms with van der Waals surface area (Å²) in [6.07, 6.45) is 2.60. The van der Waals surface area contributed by atoms with Gasteiger partial charge in [-0.3, -0.25) is 0 Å². The quantitative estimate of drug-likeness (QED) is 0.845. The molecule has 0 aliphatic carbocycles. The van der Waals surface area contributed by atoms with Gasteiger partial charge in [0.25, 0.3) is 0 Å². The largest absolute Gasteiger partial charge is 0.394 e. The Balaban J connectivity index is 2.24. The molecule has 0 spiro atoms. The minimum absolute atomic E-state index is 0.0563. The van der Waals surface area contributed by atoms with Crippen LogP contribution in [0.25, 0.3) is 0 Å². The Morgan fingerprint density at radius 1 is 1.33 bits per heavy atom. The van der Waals surface area contributed by atoms with Gasteiger partial charge in [0.2, 0.25) is 0 Å². The van der Waals surface area contributed by atoms with Gasteiger partial charge in [0.1, 0.15) is 11.6 Å². The average Bonchev–Trinajstić information content (AvgIpc) is 2.97. The second-order valence-corrected chi connectivity index (χ2v) is 5.59.